The summed E-state index contributed by atoms with van der Waals surface area (Å²) in [6.07, 6.45) is 1.80. The first kappa shape index (κ1) is 11.5. The molecule has 5 heteroatoms. The molecule has 2 heterocycles. The summed E-state index contributed by atoms with van der Waals surface area (Å²) in [4.78, 5) is 9.79. The maximum absolute atomic E-state index is 5.55. The first-order chi connectivity index (χ1) is 8.81. The number of hydrogen-bond acceptors (Lipinski definition) is 5. The van der Waals surface area contributed by atoms with Crippen molar-refractivity contribution in [2.45, 2.75) is 10.6 Å². The molecule has 90 valence electrons. The molecule has 18 heavy (non-hydrogen) atoms. The molecule has 0 aliphatic carbocycles. The molecule has 0 atom stereocenters. The van der Waals surface area contributed by atoms with Crippen molar-refractivity contribution < 1.29 is 0 Å². The average molecular weight is 273 g/mol. The van der Waals surface area contributed by atoms with Crippen LogP contribution >= 0.6 is 23.1 Å². The fourth-order valence-corrected chi connectivity index (χ4v) is 3.43. The van der Waals surface area contributed by atoms with Crippen molar-refractivity contribution in [3.63, 3.8) is 0 Å². The van der Waals surface area contributed by atoms with E-state index >= 15 is 0 Å². The number of rotatable bonds is 3. The lowest BCUT2D eigenvalue weighted by Crippen LogP contribution is -1.88. The van der Waals surface area contributed by atoms with E-state index in [1.165, 1.54) is 4.70 Å². The molecule has 0 aliphatic rings. The normalized spacial score (nSPS) is 10.9. The van der Waals surface area contributed by atoms with Gasteiger partial charge in [0, 0.05) is 11.1 Å². The van der Waals surface area contributed by atoms with E-state index in [2.05, 4.69) is 16.0 Å². The van der Waals surface area contributed by atoms with Gasteiger partial charge in [0.05, 0.1) is 16.0 Å². The average Bonchev–Trinajstić information content (AvgIpc) is 2.81. The van der Waals surface area contributed by atoms with Gasteiger partial charge in [-0.1, -0.05) is 12.1 Å². The summed E-state index contributed by atoms with van der Waals surface area (Å²) >= 11 is 3.47. The molecule has 0 bridgehead atoms. The van der Waals surface area contributed by atoms with Crippen LogP contribution in [0.5, 0.6) is 0 Å². The molecule has 1 aromatic carbocycles. The summed E-state index contributed by atoms with van der Waals surface area (Å²) in [5.41, 5.74) is 6.63. The Morgan fingerprint density at radius 3 is 2.83 bits per heavy atom. The lowest BCUT2D eigenvalue weighted by atomic mass is 10.3. The number of hydrogen-bond donors (Lipinski definition) is 1. The Morgan fingerprint density at radius 2 is 2.06 bits per heavy atom. The van der Waals surface area contributed by atoms with Gasteiger partial charge in [-0.05, 0) is 24.3 Å². The molecular weight excluding hydrogens is 262 g/mol. The van der Waals surface area contributed by atoms with Crippen molar-refractivity contribution in [3.05, 3.63) is 47.6 Å². The SMILES string of the molecule is Nc1ccc(SCc2nc3ccccc3s2)cn1. The van der Waals surface area contributed by atoms with Gasteiger partial charge in [0.1, 0.15) is 10.8 Å². The molecule has 0 spiro atoms. The predicted molar refractivity (Wildman–Crippen MR) is 77.8 cm³/mol. The van der Waals surface area contributed by atoms with Crippen molar-refractivity contribution >= 4 is 39.1 Å². The topological polar surface area (TPSA) is 51.8 Å². The molecule has 3 aromatic rings. The summed E-state index contributed by atoms with van der Waals surface area (Å²) < 4.78 is 1.24. The minimum atomic E-state index is 0.555. The van der Waals surface area contributed by atoms with E-state index in [4.69, 9.17) is 5.73 Å². The van der Waals surface area contributed by atoms with Gasteiger partial charge < -0.3 is 5.73 Å². The second kappa shape index (κ2) is 4.96. The predicted octanol–water partition coefficient (Wildman–Crippen LogP) is 3.57. The number of pyridine rings is 1. The molecule has 0 unspecified atom stereocenters. The van der Waals surface area contributed by atoms with Crippen LogP contribution in [0, 0.1) is 0 Å². The number of nitrogen functional groups attached to an aromatic ring is 1. The first-order valence-corrected chi connectivity index (χ1v) is 7.30. The standard InChI is InChI=1S/C13H11N3S2/c14-12-6-5-9(7-15-12)17-8-13-16-10-3-1-2-4-11(10)18-13/h1-7H,8H2,(H2,14,15). The minimum absolute atomic E-state index is 0.555. The van der Waals surface area contributed by atoms with Crippen LogP contribution in [0.15, 0.2) is 47.5 Å². The zero-order valence-corrected chi connectivity index (χ0v) is 11.2. The highest BCUT2D eigenvalue weighted by molar-refractivity contribution is 7.98. The van der Waals surface area contributed by atoms with E-state index in [1.54, 1.807) is 29.3 Å². The number of fused-ring (bicyclic) bond motifs is 1. The number of para-hydroxylation sites is 1. The van der Waals surface area contributed by atoms with Crippen LogP contribution in [0.2, 0.25) is 0 Å². The van der Waals surface area contributed by atoms with Gasteiger partial charge in [0.2, 0.25) is 0 Å². The highest BCUT2D eigenvalue weighted by Gasteiger charge is 2.04. The molecule has 0 saturated heterocycles. The Morgan fingerprint density at radius 1 is 1.17 bits per heavy atom. The lowest BCUT2D eigenvalue weighted by Gasteiger charge is -1.98. The van der Waals surface area contributed by atoms with E-state index in [0.717, 1.165) is 21.2 Å². The third-order valence-corrected chi connectivity index (χ3v) is 4.67. The van der Waals surface area contributed by atoms with Gasteiger partial charge in [-0.2, -0.15) is 0 Å². The van der Waals surface area contributed by atoms with Crippen molar-refractivity contribution in [2.24, 2.45) is 0 Å². The molecular formula is C13H11N3S2. The first-order valence-electron chi connectivity index (χ1n) is 5.50. The van der Waals surface area contributed by atoms with Crippen LogP contribution in [0.3, 0.4) is 0 Å². The molecule has 0 aliphatic heterocycles. The van der Waals surface area contributed by atoms with Crippen molar-refractivity contribution in [3.8, 4) is 0 Å². The highest BCUT2D eigenvalue weighted by atomic mass is 32.2. The Bertz CT molecular complexity index is 628. The number of aromatic nitrogens is 2. The van der Waals surface area contributed by atoms with Gasteiger partial charge in [-0.25, -0.2) is 9.97 Å². The zero-order valence-electron chi connectivity index (χ0n) is 9.54. The van der Waals surface area contributed by atoms with Gasteiger partial charge in [0.15, 0.2) is 0 Å². The van der Waals surface area contributed by atoms with Gasteiger partial charge in [-0.3, -0.25) is 0 Å². The number of nitrogens with two attached hydrogens (primary N) is 1. The quantitative estimate of drug-likeness (QED) is 0.741. The summed E-state index contributed by atoms with van der Waals surface area (Å²) in [7, 11) is 0. The molecule has 2 N–H and O–H groups in total. The molecule has 2 aromatic heterocycles. The number of nitrogens with zero attached hydrogens (tertiary/aromatic N) is 2. The molecule has 0 fully saturated rings. The summed E-state index contributed by atoms with van der Waals surface area (Å²) in [6.45, 7) is 0. The molecule has 0 saturated carbocycles. The third-order valence-electron chi connectivity index (χ3n) is 2.46. The molecule has 0 radical (unpaired) electrons. The van der Waals surface area contributed by atoms with Crippen LogP contribution < -0.4 is 5.73 Å². The smallest absolute Gasteiger partial charge is 0.123 e. The van der Waals surface area contributed by atoms with Crippen LogP contribution in [0.4, 0.5) is 5.82 Å². The van der Waals surface area contributed by atoms with E-state index in [9.17, 15) is 0 Å². The second-order valence-corrected chi connectivity index (χ2v) is 5.95. The maximum Gasteiger partial charge on any atom is 0.123 e. The van der Waals surface area contributed by atoms with Gasteiger partial charge in [0.25, 0.3) is 0 Å². The Balaban J connectivity index is 1.74. The lowest BCUT2D eigenvalue weighted by molar-refractivity contribution is 1.24. The third kappa shape index (κ3) is 2.47. The van der Waals surface area contributed by atoms with Crippen LogP contribution in [-0.2, 0) is 5.75 Å². The Kier molecular flexibility index (Phi) is 3.17. The second-order valence-electron chi connectivity index (χ2n) is 3.78. The summed E-state index contributed by atoms with van der Waals surface area (Å²) in [5, 5.41) is 1.14. The van der Waals surface area contributed by atoms with Crippen molar-refractivity contribution in [1.82, 2.24) is 9.97 Å². The minimum Gasteiger partial charge on any atom is -0.384 e. The molecule has 3 rings (SSSR count). The van der Waals surface area contributed by atoms with Crippen LogP contribution in [-0.4, -0.2) is 9.97 Å². The number of thioether (sulfide) groups is 1. The van der Waals surface area contributed by atoms with Crippen LogP contribution in [0.25, 0.3) is 10.2 Å². The highest BCUT2D eigenvalue weighted by Crippen LogP contribution is 2.28. The van der Waals surface area contributed by atoms with E-state index in [-0.39, 0.29) is 0 Å². The fourth-order valence-electron chi connectivity index (χ4n) is 1.60. The van der Waals surface area contributed by atoms with E-state index < -0.39 is 0 Å². The Labute approximate surface area is 113 Å². The van der Waals surface area contributed by atoms with Crippen molar-refractivity contribution in [2.75, 3.05) is 5.73 Å². The van der Waals surface area contributed by atoms with Gasteiger partial charge in [-0.15, -0.1) is 23.1 Å². The zero-order chi connectivity index (χ0) is 12.4. The number of benzene rings is 1. The summed E-state index contributed by atoms with van der Waals surface area (Å²) in [5.74, 6) is 1.42. The van der Waals surface area contributed by atoms with Gasteiger partial charge >= 0.3 is 0 Å². The fraction of sp³-hybridized carbons (Fsp3) is 0.0769. The summed E-state index contributed by atoms with van der Waals surface area (Å²) in [6, 6.07) is 12.0. The number of anilines is 1. The van der Waals surface area contributed by atoms with Crippen molar-refractivity contribution in [1.29, 1.82) is 0 Å². The molecule has 3 nitrogen and oxygen atoms in total. The monoisotopic (exact) mass is 273 g/mol. The number of thiazole rings is 1. The van der Waals surface area contributed by atoms with E-state index in [1.807, 2.05) is 30.3 Å². The maximum atomic E-state index is 5.55. The largest absolute Gasteiger partial charge is 0.384 e. The Hall–Kier alpha value is -1.59. The van der Waals surface area contributed by atoms with Crippen LogP contribution in [0.1, 0.15) is 5.01 Å². The molecule has 0 amide bonds. The van der Waals surface area contributed by atoms with E-state index in [0.29, 0.717) is 5.82 Å².